The number of ether oxygens (including phenoxy) is 1. The molecule has 0 aliphatic heterocycles. The number of carbonyl (C=O) groups excluding carboxylic acids is 1. The standard InChI is InChI=1S/C10H15N3O2/c1-2-15-6-5-12-10(14)8-3-4-9(11)13-7-8/h3-4,7H,2,5-6H2,1H3,(H2,11,13)(H,12,14). The van der Waals surface area contributed by atoms with Crippen LogP contribution in [0.2, 0.25) is 0 Å². The van der Waals surface area contributed by atoms with Gasteiger partial charge in [-0.25, -0.2) is 4.98 Å². The van der Waals surface area contributed by atoms with E-state index in [9.17, 15) is 4.79 Å². The van der Waals surface area contributed by atoms with Crippen LogP contribution in [0, 0.1) is 0 Å². The minimum absolute atomic E-state index is 0.165. The first-order chi connectivity index (χ1) is 7.24. The summed E-state index contributed by atoms with van der Waals surface area (Å²) >= 11 is 0. The number of rotatable bonds is 5. The first-order valence-corrected chi connectivity index (χ1v) is 4.81. The van der Waals surface area contributed by atoms with E-state index in [1.54, 1.807) is 12.1 Å². The van der Waals surface area contributed by atoms with Gasteiger partial charge in [0.05, 0.1) is 12.2 Å². The van der Waals surface area contributed by atoms with E-state index in [-0.39, 0.29) is 5.91 Å². The van der Waals surface area contributed by atoms with Crippen molar-refractivity contribution in [2.45, 2.75) is 6.92 Å². The Morgan fingerprint density at radius 2 is 2.40 bits per heavy atom. The molecule has 0 aliphatic rings. The molecule has 0 fully saturated rings. The van der Waals surface area contributed by atoms with Gasteiger partial charge in [-0.2, -0.15) is 0 Å². The van der Waals surface area contributed by atoms with Gasteiger partial charge >= 0.3 is 0 Å². The molecule has 1 heterocycles. The fourth-order valence-corrected chi connectivity index (χ4v) is 1.02. The molecule has 0 atom stereocenters. The normalized spacial score (nSPS) is 9.93. The summed E-state index contributed by atoms with van der Waals surface area (Å²) < 4.78 is 5.09. The molecule has 1 aromatic heterocycles. The highest BCUT2D eigenvalue weighted by Gasteiger charge is 2.03. The fourth-order valence-electron chi connectivity index (χ4n) is 1.02. The van der Waals surface area contributed by atoms with E-state index in [1.807, 2.05) is 6.92 Å². The van der Waals surface area contributed by atoms with E-state index >= 15 is 0 Å². The zero-order chi connectivity index (χ0) is 11.1. The molecule has 15 heavy (non-hydrogen) atoms. The van der Waals surface area contributed by atoms with Crippen molar-refractivity contribution in [1.29, 1.82) is 0 Å². The monoisotopic (exact) mass is 209 g/mol. The third-order valence-electron chi connectivity index (χ3n) is 1.78. The van der Waals surface area contributed by atoms with Crippen LogP contribution in [0.25, 0.3) is 0 Å². The number of anilines is 1. The maximum absolute atomic E-state index is 11.5. The Morgan fingerprint density at radius 1 is 1.60 bits per heavy atom. The van der Waals surface area contributed by atoms with E-state index < -0.39 is 0 Å². The lowest BCUT2D eigenvalue weighted by Gasteiger charge is -2.04. The number of hydrogen-bond acceptors (Lipinski definition) is 4. The maximum Gasteiger partial charge on any atom is 0.252 e. The number of nitrogens with zero attached hydrogens (tertiary/aromatic N) is 1. The largest absolute Gasteiger partial charge is 0.384 e. The van der Waals surface area contributed by atoms with Gasteiger partial charge in [-0.3, -0.25) is 4.79 Å². The van der Waals surface area contributed by atoms with Crippen molar-refractivity contribution >= 4 is 11.7 Å². The quantitative estimate of drug-likeness (QED) is 0.689. The van der Waals surface area contributed by atoms with E-state index in [0.29, 0.717) is 31.1 Å². The molecule has 5 nitrogen and oxygen atoms in total. The summed E-state index contributed by atoms with van der Waals surface area (Å²) in [5, 5.41) is 2.71. The van der Waals surface area contributed by atoms with Gasteiger partial charge in [0.1, 0.15) is 5.82 Å². The summed E-state index contributed by atoms with van der Waals surface area (Å²) in [6.45, 7) is 3.58. The lowest BCUT2D eigenvalue weighted by Crippen LogP contribution is -2.27. The molecule has 82 valence electrons. The minimum Gasteiger partial charge on any atom is -0.384 e. The summed E-state index contributed by atoms with van der Waals surface area (Å²) in [4.78, 5) is 15.3. The van der Waals surface area contributed by atoms with E-state index in [1.165, 1.54) is 6.20 Å². The number of nitrogens with two attached hydrogens (primary N) is 1. The second kappa shape index (κ2) is 5.98. The predicted molar refractivity (Wildman–Crippen MR) is 57.5 cm³/mol. The third kappa shape index (κ3) is 3.95. The van der Waals surface area contributed by atoms with Gasteiger partial charge in [0.2, 0.25) is 0 Å². The van der Waals surface area contributed by atoms with Gasteiger partial charge in [-0.15, -0.1) is 0 Å². The number of aromatic nitrogens is 1. The van der Waals surface area contributed by atoms with Crippen LogP contribution < -0.4 is 11.1 Å². The minimum atomic E-state index is -0.165. The number of pyridine rings is 1. The molecule has 1 aromatic rings. The first-order valence-electron chi connectivity index (χ1n) is 4.81. The van der Waals surface area contributed by atoms with Crippen LogP contribution >= 0.6 is 0 Å². The van der Waals surface area contributed by atoms with E-state index in [2.05, 4.69) is 10.3 Å². The van der Waals surface area contributed by atoms with Crippen LogP contribution in [-0.2, 0) is 4.74 Å². The van der Waals surface area contributed by atoms with Gasteiger partial charge in [0, 0.05) is 19.3 Å². The van der Waals surface area contributed by atoms with Gasteiger partial charge in [-0.05, 0) is 19.1 Å². The lowest BCUT2D eigenvalue weighted by molar-refractivity contribution is 0.0922. The Kier molecular flexibility index (Phi) is 4.56. The van der Waals surface area contributed by atoms with E-state index in [0.717, 1.165) is 0 Å². The van der Waals surface area contributed by atoms with Crippen LogP contribution in [0.5, 0.6) is 0 Å². The molecule has 0 radical (unpaired) electrons. The molecule has 0 saturated carbocycles. The molecule has 0 bridgehead atoms. The highest BCUT2D eigenvalue weighted by Crippen LogP contribution is 2.00. The Balaban J connectivity index is 2.37. The molecule has 3 N–H and O–H groups in total. The zero-order valence-electron chi connectivity index (χ0n) is 8.69. The van der Waals surface area contributed by atoms with Gasteiger partial charge in [0.25, 0.3) is 5.91 Å². The Bertz CT molecular complexity index is 311. The summed E-state index contributed by atoms with van der Waals surface area (Å²) in [6.07, 6.45) is 1.45. The van der Waals surface area contributed by atoms with E-state index in [4.69, 9.17) is 10.5 Å². The summed E-state index contributed by atoms with van der Waals surface area (Å²) in [5.74, 6) is 0.239. The average molecular weight is 209 g/mol. The summed E-state index contributed by atoms with van der Waals surface area (Å²) in [5.41, 5.74) is 5.90. The predicted octanol–water partition coefficient (Wildman–Crippen LogP) is 0.430. The van der Waals surface area contributed by atoms with Crippen molar-refractivity contribution in [3.05, 3.63) is 23.9 Å². The van der Waals surface area contributed by atoms with Crippen LogP contribution in [0.4, 0.5) is 5.82 Å². The topological polar surface area (TPSA) is 77.2 Å². The first kappa shape index (κ1) is 11.5. The molecule has 0 spiro atoms. The maximum atomic E-state index is 11.5. The second-order valence-electron chi connectivity index (χ2n) is 2.92. The Labute approximate surface area is 88.6 Å². The molecule has 0 unspecified atom stereocenters. The Morgan fingerprint density at radius 3 is 3.00 bits per heavy atom. The fraction of sp³-hybridized carbons (Fsp3) is 0.400. The molecule has 0 aliphatic carbocycles. The van der Waals surface area contributed by atoms with Crippen molar-refractivity contribution < 1.29 is 9.53 Å². The van der Waals surface area contributed by atoms with Gasteiger partial charge < -0.3 is 15.8 Å². The lowest BCUT2D eigenvalue weighted by atomic mass is 10.2. The van der Waals surface area contributed by atoms with Crippen molar-refractivity contribution in [3.8, 4) is 0 Å². The van der Waals surface area contributed by atoms with Crippen LogP contribution in [0.3, 0.4) is 0 Å². The van der Waals surface area contributed by atoms with Crippen molar-refractivity contribution in [3.63, 3.8) is 0 Å². The number of nitrogen functional groups attached to an aromatic ring is 1. The Hall–Kier alpha value is -1.62. The highest BCUT2D eigenvalue weighted by atomic mass is 16.5. The van der Waals surface area contributed by atoms with Crippen molar-refractivity contribution in [2.75, 3.05) is 25.5 Å². The second-order valence-corrected chi connectivity index (χ2v) is 2.92. The molecule has 5 heteroatoms. The molecule has 1 amide bonds. The molecule has 0 aromatic carbocycles. The summed E-state index contributed by atoms with van der Waals surface area (Å²) in [6, 6.07) is 3.23. The highest BCUT2D eigenvalue weighted by molar-refractivity contribution is 5.93. The molecular formula is C10H15N3O2. The van der Waals surface area contributed by atoms with Gasteiger partial charge in [-0.1, -0.05) is 0 Å². The molecule has 0 saturated heterocycles. The number of hydrogen-bond donors (Lipinski definition) is 2. The number of carbonyl (C=O) groups is 1. The van der Waals surface area contributed by atoms with Gasteiger partial charge in [0.15, 0.2) is 0 Å². The zero-order valence-corrected chi connectivity index (χ0v) is 8.69. The molecule has 1 rings (SSSR count). The number of nitrogens with one attached hydrogen (secondary N) is 1. The third-order valence-corrected chi connectivity index (χ3v) is 1.78. The number of amides is 1. The van der Waals surface area contributed by atoms with Crippen molar-refractivity contribution in [2.24, 2.45) is 0 Å². The van der Waals surface area contributed by atoms with Crippen LogP contribution in [-0.4, -0.2) is 30.6 Å². The SMILES string of the molecule is CCOCCNC(=O)c1ccc(N)nc1. The van der Waals surface area contributed by atoms with Crippen LogP contribution in [0.15, 0.2) is 18.3 Å². The summed E-state index contributed by atoms with van der Waals surface area (Å²) in [7, 11) is 0. The van der Waals surface area contributed by atoms with Crippen molar-refractivity contribution in [1.82, 2.24) is 10.3 Å². The van der Waals surface area contributed by atoms with Crippen LogP contribution in [0.1, 0.15) is 17.3 Å². The smallest absolute Gasteiger partial charge is 0.252 e. The molecular weight excluding hydrogens is 194 g/mol. The average Bonchev–Trinajstić information content (AvgIpc) is 2.25.